The fourth-order valence-electron chi connectivity index (χ4n) is 2.99. The zero-order chi connectivity index (χ0) is 22.4. The number of benzene rings is 2. The first-order valence-electron chi connectivity index (χ1n) is 9.74. The van der Waals surface area contributed by atoms with Crippen molar-refractivity contribution in [2.75, 3.05) is 13.2 Å². The number of aromatic carboxylic acids is 1. The summed E-state index contributed by atoms with van der Waals surface area (Å²) >= 11 is 0. The number of hydrogen-bond donors (Lipinski definition) is 1. The summed E-state index contributed by atoms with van der Waals surface area (Å²) in [5.41, 5.74) is -0.0822. The summed E-state index contributed by atoms with van der Waals surface area (Å²) in [6.45, 7) is 2.26. The van der Waals surface area contributed by atoms with Crippen LogP contribution >= 0.6 is 0 Å². The second-order valence-electron chi connectivity index (χ2n) is 6.91. The van der Waals surface area contributed by atoms with Gasteiger partial charge >= 0.3 is 29.6 Å². The molecule has 162 valence electrons. The molecule has 2 aromatic carbocycles. The Morgan fingerprint density at radius 1 is 0.969 bits per heavy atom. The van der Waals surface area contributed by atoms with Gasteiger partial charge in [0.25, 0.3) is 0 Å². The van der Waals surface area contributed by atoms with Crippen molar-refractivity contribution in [1.82, 2.24) is 0 Å². The molecule has 32 heavy (non-hydrogen) atoms. The van der Waals surface area contributed by atoms with E-state index in [9.17, 15) is 24.6 Å². The number of hydrogen-bond acceptors (Lipinski definition) is 8. The molecule has 0 bridgehead atoms. The molecule has 8 nitrogen and oxygen atoms in total. The Morgan fingerprint density at radius 2 is 1.59 bits per heavy atom. The van der Waals surface area contributed by atoms with E-state index in [1.807, 2.05) is 0 Å². The summed E-state index contributed by atoms with van der Waals surface area (Å²) in [6, 6.07) is 10.1. The molecule has 0 saturated heterocycles. The topological polar surface area (TPSA) is 126 Å². The monoisotopic (exact) mass is 448 g/mol. The Hall–Kier alpha value is -2.81. The molecule has 1 heterocycles. The summed E-state index contributed by atoms with van der Waals surface area (Å²) in [7, 11) is 0. The standard InChI is InChI=1S/C23H22O8.Na/c1-14(24)17-7-5-15(11-19(17)25)29-9-3-2-4-10-30-16-6-8-18-20(26)13-22(23(27)28)31-21(18)12-16;/h5-8,11-13,25H,2-4,9-10H2,1H3,(H,27,28);/q;+1/p-1. The number of ketones is 1. The first kappa shape index (κ1) is 25.5. The van der Waals surface area contributed by atoms with Crippen LogP contribution in [0.5, 0.6) is 17.2 Å². The molecule has 0 aliphatic heterocycles. The molecule has 1 N–H and O–H groups in total. The van der Waals surface area contributed by atoms with Crippen LogP contribution in [0.1, 0.15) is 47.1 Å². The van der Waals surface area contributed by atoms with Crippen LogP contribution in [0.3, 0.4) is 0 Å². The van der Waals surface area contributed by atoms with Crippen molar-refractivity contribution in [3.63, 3.8) is 0 Å². The Balaban J connectivity index is 0.00000363. The molecule has 0 aliphatic carbocycles. The van der Waals surface area contributed by atoms with Gasteiger partial charge in [-0.2, -0.15) is 0 Å². The van der Waals surface area contributed by atoms with Crippen LogP contribution in [0, 0.1) is 0 Å². The number of aromatic hydroxyl groups is 1. The molecule has 3 rings (SSSR count). The van der Waals surface area contributed by atoms with Crippen molar-refractivity contribution >= 4 is 22.7 Å². The molecule has 1 aromatic heterocycles. The largest absolute Gasteiger partial charge is 1.00 e. The van der Waals surface area contributed by atoms with Crippen molar-refractivity contribution in [1.29, 1.82) is 0 Å². The Bertz CT molecular complexity index is 1170. The number of phenols is 1. The SMILES string of the molecule is CC(=O)c1ccc(OCCCCCOc2ccc3c(=O)cc(C(=O)[O-])oc3c2)cc1O.[Na+]. The maximum absolute atomic E-state index is 11.9. The van der Waals surface area contributed by atoms with Crippen molar-refractivity contribution in [3.05, 3.63) is 64.0 Å². The van der Waals surface area contributed by atoms with Crippen molar-refractivity contribution < 1.29 is 63.3 Å². The Labute approximate surface area is 206 Å². The second kappa shape index (κ2) is 11.7. The molecule has 0 spiro atoms. The quantitative estimate of drug-likeness (QED) is 0.255. The first-order chi connectivity index (χ1) is 14.8. The van der Waals surface area contributed by atoms with E-state index in [4.69, 9.17) is 13.9 Å². The predicted molar refractivity (Wildman–Crippen MR) is 110 cm³/mol. The smallest absolute Gasteiger partial charge is 0.542 e. The van der Waals surface area contributed by atoms with Crippen LogP contribution in [-0.4, -0.2) is 30.1 Å². The van der Waals surface area contributed by atoms with Gasteiger partial charge in [0.05, 0.1) is 24.2 Å². The molecular weight excluding hydrogens is 427 g/mol. The van der Waals surface area contributed by atoms with E-state index in [1.54, 1.807) is 12.1 Å². The average Bonchev–Trinajstić information content (AvgIpc) is 2.72. The molecule has 3 aromatic rings. The van der Waals surface area contributed by atoms with E-state index >= 15 is 0 Å². The third-order valence-corrected chi connectivity index (χ3v) is 4.58. The van der Waals surface area contributed by atoms with Gasteiger partial charge in [0, 0.05) is 18.2 Å². The van der Waals surface area contributed by atoms with Gasteiger partial charge in [-0.15, -0.1) is 0 Å². The minimum Gasteiger partial charge on any atom is -0.542 e. The number of carbonyl (C=O) groups is 2. The molecule has 0 unspecified atom stereocenters. The van der Waals surface area contributed by atoms with Crippen LogP contribution in [0.2, 0.25) is 0 Å². The first-order valence-corrected chi connectivity index (χ1v) is 9.74. The molecule has 0 aliphatic rings. The van der Waals surface area contributed by atoms with Crippen LogP contribution in [0.15, 0.2) is 51.7 Å². The number of carbonyl (C=O) groups excluding carboxylic acids is 2. The summed E-state index contributed by atoms with van der Waals surface area (Å²) < 4.78 is 16.4. The zero-order valence-corrected chi connectivity index (χ0v) is 19.9. The number of carboxylic acid groups (broad SMARTS) is 1. The van der Waals surface area contributed by atoms with E-state index in [2.05, 4.69) is 0 Å². The average molecular weight is 448 g/mol. The van der Waals surface area contributed by atoms with Gasteiger partial charge in [-0.3, -0.25) is 9.59 Å². The number of carboxylic acids is 1. The van der Waals surface area contributed by atoms with E-state index in [0.717, 1.165) is 25.3 Å². The molecule has 0 radical (unpaired) electrons. The normalized spacial score (nSPS) is 10.4. The second-order valence-corrected chi connectivity index (χ2v) is 6.91. The van der Waals surface area contributed by atoms with Crippen molar-refractivity contribution in [2.45, 2.75) is 26.2 Å². The van der Waals surface area contributed by atoms with E-state index in [-0.39, 0.29) is 57.6 Å². The fraction of sp³-hybridized carbons (Fsp3) is 0.261. The number of rotatable bonds is 10. The number of fused-ring (bicyclic) bond motifs is 1. The fourth-order valence-corrected chi connectivity index (χ4v) is 2.99. The summed E-state index contributed by atoms with van der Waals surface area (Å²) in [4.78, 5) is 34.1. The van der Waals surface area contributed by atoms with Gasteiger partial charge < -0.3 is 28.9 Å². The minimum absolute atomic E-state index is 0. The zero-order valence-electron chi connectivity index (χ0n) is 17.9. The number of Topliss-reactive ketones (excluding diaryl/α,β-unsaturated/α-hetero) is 1. The van der Waals surface area contributed by atoms with Crippen molar-refractivity contribution in [3.8, 4) is 17.2 Å². The Kier molecular flexibility index (Phi) is 9.31. The third kappa shape index (κ3) is 6.59. The van der Waals surface area contributed by atoms with E-state index < -0.39 is 17.2 Å². The van der Waals surface area contributed by atoms with Gasteiger partial charge in [0.2, 0.25) is 0 Å². The number of ether oxygens (including phenoxy) is 2. The third-order valence-electron chi connectivity index (χ3n) is 4.58. The summed E-state index contributed by atoms with van der Waals surface area (Å²) in [5, 5.41) is 21.0. The van der Waals surface area contributed by atoms with Crippen LogP contribution < -0.4 is 49.6 Å². The van der Waals surface area contributed by atoms with Crippen molar-refractivity contribution in [2.24, 2.45) is 0 Å². The summed E-state index contributed by atoms with van der Waals surface area (Å²) in [5.74, 6) is -1.44. The number of unbranched alkanes of at least 4 members (excludes halogenated alkanes) is 2. The van der Waals surface area contributed by atoms with Crippen LogP contribution in [0.25, 0.3) is 11.0 Å². The van der Waals surface area contributed by atoms with E-state index in [1.165, 1.54) is 31.2 Å². The van der Waals surface area contributed by atoms with Gasteiger partial charge in [0.1, 0.15) is 28.8 Å². The van der Waals surface area contributed by atoms with Gasteiger partial charge in [-0.25, -0.2) is 0 Å². The number of phenolic OH excluding ortho intramolecular Hbond substituents is 1. The minimum atomic E-state index is -1.56. The van der Waals surface area contributed by atoms with Gasteiger partial charge in [-0.1, -0.05) is 0 Å². The molecule has 0 fully saturated rings. The predicted octanol–water partition coefficient (Wildman–Crippen LogP) is -0.303. The summed E-state index contributed by atoms with van der Waals surface area (Å²) in [6.07, 6.45) is 2.34. The maximum Gasteiger partial charge on any atom is 1.00 e. The van der Waals surface area contributed by atoms with E-state index in [0.29, 0.717) is 24.7 Å². The van der Waals surface area contributed by atoms with Gasteiger partial charge in [-0.05, 0) is 50.5 Å². The molecule has 9 heteroatoms. The molecular formula is C23H21NaO8. The van der Waals surface area contributed by atoms with Crippen LogP contribution in [0.4, 0.5) is 0 Å². The van der Waals surface area contributed by atoms with Crippen LogP contribution in [-0.2, 0) is 0 Å². The molecule has 0 saturated carbocycles. The molecule has 0 atom stereocenters. The van der Waals surface area contributed by atoms with Gasteiger partial charge in [0.15, 0.2) is 17.0 Å². The Morgan fingerprint density at radius 3 is 2.19 bits per heavy atom. The molecule has 0 amide bonds. The maximum atomic E-state index is 11.9.